The molecule has 0 aliphatic heterocycles. The number of halogens is 3. The van der Waals surface area contributed by atoms with Crippen LogP contribution in [0.1, 0.15) is 22.8 Å². The first-order chi connectivity index (χ1) is 8.49. The van der Waals surface area contributed by atoms with Crippen molar-refractivity contribution in [3.63, 3.8) is 0 Å². The van der Waals surface area contributed by atoms with Gasteiger partial charge in [0, 0.05) is 4.47 Å². The lowest BCUT2D eigenvalue weighted by atomic mass is 10.00. The lowest BCUT2D eigenvalue weighted by Gasteiger charge is -2.14. The van der Waals surface area contributed by atoms with E-state index in [1.165, 1.54) is 0 Å². The largest absolute Gasteiger partial charge is 0.384 e. The van der Waals surface area contributed by atoms with Gasteiger partial charge in [0.05, 0.1) is 10.0 Å². The average molecular weight is 346 g/mol. The van der Waals surface area contributed by atoms with Crippen LogP contribution in [-0.2, 0) is 0 Å². The Balaban J connectivity index is 2.44. The summed E-state index contributed by atoms with van der Waals surface area (Å²) in [6.45, 7) is 1.98. The van der Waals surface area contributed by atoms with Crippen molar-refractivity contribution in [1.82, 2.24) is 0 Å². The first-order valence-corrected chi connectivity index (χ1v) is 6.93. The Bertz CT molecular complexity index is 584. The topological polar surface area (TPSA) is 20.2 Å². The molecule has 0 aliphatic carbocycles. The summed E-state index contributed by atoms with van der Waals surface area (Å²) in [5.74, 6) is 0. The minimum atomic E-state index is -0.728. The maximum absolute atomic E-state index is 10.4. The lowest BCUT2D eigenvalue weighted by Crippen LogP contribution is -2.01. The van der Waals surface area contributed by atoms with Crippen molar-refractivity contribution >= 4 is 39.1 Å². The third-order valence-electron chi connectivity index (χ3n) is 2.71. The molecule has 2 aromatic carbocycles. The maximum Gasteiger partial charge on any atom is 0.105 e. The van der Waals surface area contributed by atoms with Crippen LogP contribution in [0.4, 0.5) is 0 Å². The van der Waals surface area contributed by atoms with E-state index in [1.807, 2.05) is 25.1 Å². The highest BCUT2D eigenvalue weighted by Crippen LogP contribution is 2.32. The van der Waals surface area contributed by atoms with Gasteiger partial charge in [-0.05, 0) is 36.2 Å². The number of hydrogen-bond donors (Lipinski definition) is 1. The highest BCUT2D eigenvalue weighted by atomic mass is 79.9. The van der Waals surface area contributed by atoms with E-state index in [4.69, 9.17) is 23.2 Å². The molecule has 0 fully saturated rings. The van der Waals surface area contributed by atoms with Gasteiger partial charge in [-0.3, -0.25) is 0 Å². The second-order valence-corrected chi connectivity index (χ2v) is 5.77. The smallest absolute Gasteiger partial charge is 0.105 e. The summed E-state index contributed by atoms with van der Waals surface area (Å²) in [6.07, 6.45) is -0.728. The molecular weight excluding hydrogens is 335 g/mol. The van der Waals surface area contributed by atoms with Gasteiger partial charge in [0.25, 0.3) is 0 Å². The Labute approximate surface area is 124 Å². The van der Waals surface area contributed by atoms with Gasteiger partial charge >= 0.3 is 0 Å². The maximum atomic E-state index is 10.4. The summed E-state index contributed by atoms with van der Waals surface area (Å²) in [5, 5.41) is 11.3. The minimum absolute atomic E-state index is 0.442. The predicted octanol–water partition coefficient (Wildman–Crippen LogP) is 5.15. The summed E-state index contributed by atoms with van der Waals surface area (Å²) in [4.78, 5) is 0. The molecule has 94 valence electrons. The van der Waals surface area contributed by atoms with Gasteiger partial charge in [0.2, 0.25) is 0 Å². The van der Waals surface area contributed by atoms with Crippen LogP contribution in [0.25, 0.3) is 0 Å². The van der Waals surface area contributed by atoms with E-state index in [1.54, 1.807) is 18.2 Å². The molecule has 2 aromatic rings. The SMILES string of the molecule is Cc1ccc(Br)c(C(O)c2ccc(Cl)c(Cl)c2)c1. The van der Waals surface area contributed by atoms with Gasteiger partial charge in [-0.1, -0.05) is 62.9 Å². The Morgan fingerprint density at radius 3 is 2.44 bits per heavy atom. The molecule has 1 atom stereocenters. The number of aliphatic hydroxyl groups is 1. The van der Waals surface area contributed by atoms with Crippen molar-refractivity contribution in [2.45, 2.75) is 13.0 Å². The van der Waals surface area contributed by atoms with Gasteiger partial charge < -0.3 is 5.11 Å². The molecule has 1 unspecified atom stereocenters. The van der Waals surface area contributed by atoms with E-state index >= 15 is 0 Å². The highest BCUT2D eigenvalue weighted by Gasteiger charge is 2.15. The second kappa shape index (κ2) is 5.62. The molecule has 0 heterocycles. The normalized spacial score (nSPS) is 12.5. The standard InChI is InChI=1S/C14H11BrCl2O/c1-8-2-4-11(15)10(6-8)14(18)9-3-5-12(16)13(17)7-9/h2-7,14,18H,1H3. The van der Waals surface area contributed by atoms with E-state index < -0.39 is 6.10 Å². The van der Waals surface area contributed by atoms with E-state index in [2.05, 4.69) is 15.9 Å². The number of rotatable bonds is 2. The molecule has 0 bridgehead atoms. The molecule has 4 heteroatoms. The molecule has 0 saturated heterocycles. The van der Waals surface area contributed by atoms with Gasteiger partial charge in [-0.2, -0.15) is 0 Å². The average Bonchev–Trinajstić information content (AvgIpc) is 2.35. The fourth-order valence-corrected chi connectivity index (χ4v) is 2.50. The number of aryl methyl sites for hydroxylation is 1. The van der Waals surface area contributed by atoms with E-state index in [-0.39, 0.29) is 0 Å². The molecule has 0 radical (unpaired) electrons. The first-order valence-electron chi connectivity index (χ1n) is 5.38. The second-order valence-electron chi connectivity index (χ2n) is 4.10. The molecule has 2 rings (SSSR count). The number of aliphatic hydroxyl groups excluding tert-OH is 1. The van der Waals surface area contributed by atoms with Crippen LogP contribution in [-0.4, -0.2) is 5.11 Å². The number of hydrogen-bond acceptors (Lipinski definition) is 1. The van der Waals surface area contributed by atoms with Crippen molar-refractivity contribution < 1.29 is 5.11 Å². The van der Waals surface area contributed by atoms with E-state index in [0.29, 0.717) is 10.0 Å². The zero-order valence-electron chi connectivity index (χ0n) is 9.62. The molecule has 0 saturated carbocycles. The van der Waals surface area contributed by atoms with Crippen molar-refractivity contribution in [2.75, 3.05) is 0 Å². The van der Waals surface area contributed by atoms with Crippen LogP contribution in [0.15, 0.2) is 40.9 Å². The first kappa shape index (κ1) is 13.9. The Kier molecular flexibility index (Phi) is 4.33. The third-order valence-corrected chi connectivity index (χ3v) is 4.17. The van der Waals surface area contributed by atoms with Gasteiger partial charge in [0.15, 0.2) is 0 Å². The van der Waals surface area contributed by atoms with Crippen LogP contribution >= 0.6 is 39.1 Å². The molecule has 1 N–H and O–H groups in total. The highest BCUT2D eigenvalue weighted by molar-refractivity contribution is 9.10. The summed E-state index contributed by atoms with van der Waals surface area (Å²) >= 11 is 15.3. The van der Waals surface area contributed by atoms with Crippen molar-refractivity contribution in [3.05, 3.63) is 67.6 Å². The summed E-state index contributed by atoms with van der Waals surface area (Å²) in [6, 6.07) is 11.0. The molecular formula is C14H11BrCl2O. The fourth-order valence-electron chi connectivity index (χ4n) is 1.73. The Hall–Kier alpha value is -0.540. The molecule has 0 aliphatic rings. The van der Waals surface area contributed by atoms with E-state index in [0.717, 1.165) is 21.2 Å². The molecule has 0 spiro atoms. The molecule has 1 nitrogen and oxygen atoms in total. The summed E-state index contributed by atoms with van der Waals surface area (Å²) in [5.41, 5.74) is 2.62. The zero-order chi connectivity index (χ0) is 13.3. The summed E-state index contributed by atoms with van der Waals surface area (Å²) < 4.78 is 0.867. The van der Waals surface area contributed by atoms with Gasteiger partial charge in [-0.15, -0.1) is 0 Å². The van der Waals surface area contributed by atoms with Crippen molar-refractivity contribution in [2.24, 2.45) is 0 Å². The van der Waals surface area contributed by atoms with E-state index in [9.17, 15) is 5.11 Å². The monoisotopic (exact) mass is 344 g/mol. The van der Waals surface area contributed by atoms with Gasteiger partial charge in [-0.25, -0.2) is 0 Å². The Morgan fingerprint density at radius 2 is 1.78 bits per heavy atom. The summed E-state index contributed by atoms with van der Waals surface area (Å²) in [7, 11) is 0. The molecule has 0 aromatic heterocycles. The third kappa shape index (κ3) is 2.89. The molecule has 0 amide bonds. The van der Waals surface area contributed by atoms with Gasteiger partial charge in [0.1, 0.15) is 6.10 Å². The lowest BCUT2D eigenvalue weighted by molar-refractivity contribution is 0.219. The van der Waals surface area contributed by atoms with Crippen LogP contribution in [0.3, 0.4) is 0 Å². The van der Waals surface area contributed by atoms with Crippen LogP contribution in [0.2, 0.25) is 10.0 Å². The number of benzene rings is 2. The van der Waals surface area contributed by atoms with Crippen LogP contribution < -0.4 is 0 Å². The van der Waals surface area contributed by atoms with Crippen molar-refractivity contribution in [3.8, 4) is 0 Å². The molecule has 18 heavy (non-hydrogen) atoms. The zero-order valence-corrected chi connectivity index (χ0v) is 12.7. The van der Waals surface area contributed by atoms with Crippen LogP contribution in [0.5, 0.6) is 0 Å². The van der Waals surface area contributed by atoms with Crippen molar-refractivity contribution in [1.29, 1.82) is 0 Å². The quantitative estimate of drug-likeness (QED) is 0.798. The predicted molar refractivity (Wildman–Crippen MR) is 79.4 cm³/mol. The fraction of sp³-hybridized carbons (Fsp3) is 0.143. The minimum Gasteiger partial charge on any atom is -0.384 e. The Morgan fingerprint density at radius 1 is 1.06 bits per heavy atom. The van der Waals surface area contributed by atoms with Crippen LogP contribution in [0, 0.1) is 6.92 Å².